The predicted octanol–water partition coefficient (Wildman–Crippen LogP) is 3.03. The van der Waals surface area contributed by atoms with E-state index in [-0.39, 0.29) is 24.0 Å². The van der Waals surface area contributed by atoms with Gasteiger partial charge in [0.1, 0.15) is 0 Å². The van der Waals surface area contributed by atoms with Gasteiger partial charge in [0.15, 0.2) is 5.96 Å². The van der Waals surface area contributed by atoms with Crippen molar-refractivity contribution in [3.05, 3.63) is 0 Å². The molecule has 1 atom stereocenters. The van der Waals surface area contributed by atoms with E-state index in [9.17, 15) is 0 Å². The van der Waals surface area contributed by atoms with Gasteiger partial charge in [0.25, 0.3) is 0 Å². The fraction of sp³-hybridized carbons (Fsp3) is 0.941. The monoisotopic (exact) mass is 422 g/mol. The van der Waals surface area contributed by atoms with Crippen molar-refractivity contribution in [2.75, 3.05) is 46.3 Å². The van der Waals surface area contributed by atoms with Crippen molar-refractivity contribution in [2.24, 2.45) is 16.8 Å². The number of hydrogen-bond acceptors (Lipinski definition) is 2. The van der Waals surface area contributed by atoms with E-state index in [4.69, 9.17) is 0 Å². The molecule has 0 aromatic carbocycles. The lowest BCUT2D eigenvalue weighted by Crippen LogP contribution is -2.46. The van der Waals surface area contributed by atoms with Gasteiger partial charge in [-0.05, 0) is 57.0 Å². The molecule has 2 heterocycles. The van der Waals surface area contributed by atoms with Crippen LogP contribution in [0.2, 0.25) is 0 Å². The third-order valence-corrected chi connectivity index (χ3v) is 4.97. The molecule has 0 aromatic rings. The number of nitrogens with one attached hydrogen (secondary N) is 1. The van der Waals surface area contributed by atoms with Gasteiger partial charge in [-0.1, -0.05) is 13.8 Å². The highest BCUT2D eigenvalue weighted by Gasteiger charge is 2.19. The Morgan fingerprint density at radius 2 is 1.82 bits per heavy atom. The summed E-state index contributed by atoms with van der Waals surface area (Å²) in [6, 6.07) is 0. The first-order valence-electron chi connectivity index (χ1n) is 8.87. The molecule has 2 aliphatic rings. The molecule has 1 N–H and O–H groups in total. The number of nitrogens with zero attached hydrogens (tertiary/aromatic N) is 3. The summed E-state index contributed by atoms with van der Waals surface area (Å²) in [6.07, 6.45) is 6.60. The molecular weight excluding hydrogens is 387 g/mol. The fourth-order valence-electron chi connectivity index (χ4n) is 3.55. The molecule has 1 unspecified atom stereocenters. The number of guanidine groups is 1. The van der Waals surface area contributed by atoms with E-state index in [2.05, 4.69) is 34.0 Å². The number of rotatable bonds is 4. The second-order valence-corrected chi connectivity index (χ2v) is 7.05. The van der Waals surface area contributed by atoms with Crippen molar-refractivity contribution in [2.45, 2.75) is 46.0 Å². The summed E-state index contributed by atoms with van der Waals surface area (Å²) in [4.78, 5) is 9.50. The van der Waals surface area contributed by atoms with E-state index in [0.29, 0.717) is 0 Å². The van der Waals surface area contributed by atoms with Crippen LogP contribution < -0.4 is 5.32 Å². The molecule has 0 bridgehead atoms. The van der Waals surface area contributed by atoms with Crippen LogP contribution in [-0.4, -0.2) is 62.1 Å². The summed E-state index contributed by atoms with van der Waals surface area (Å²) in [7, 11) is 1.91. The summed E-state index contributed by atoms with van der Waals surface area (Å²) < 4.78 is 0. The Morgan fingerprint density at radius 1 is 1.09 bits per heavy atom. The second kappa shape index (κ2) is 10.7. The van der Waals surface area contributed by atoms with Crippen molar-refractivity contribution in [3.8, 4) is 0 Å². The maximum atomic E-state index is 4.45. The third kappa shape index (κ3) is 6.60. The van der Waals surface area contributed by atoms with Gasteiger partial charge in [0, 0.05) is 33.2 Å². The smallest absolute Gasteiger partial charge is 0.193 e. The first kappa shape index (κ1) is 20.0. The van der Waals surface area contributed by atoms with E-state index in [1.54, 1.807) is 0 Å². The molecule has 0 saturated carbocycles. The Morgan fingerprint density at radius 3 is 2.45 bits per heavy atom. The van der Waals surface area contributed by atoms with Crippen molar-refractivity contribution in [1.29, 1.82) is 0 Å². The van der Waals surface area contributed by atoms with E-state index >= 15 is 0 Å². The first-order valence-corrected chi connectivity index (χ1v) is 8.87. The van der Waals surface area contributed by atoms with Crippen LogP contribution >= 0.6 is 24.0 Å². The van der Waals surface area contributed by atoms with Gasteiger partial charge in [0.2, 0.25) is 0 Å². The van der Waals surface area contributed by atoms with Crippen LogP contribution in [0.15, 0.2) is 4.99 Å². The van der Waals surface area contributed by atoms with Crippen molar-refractivity contribution < 1.29 is 0 Å². The molecule has 2 rings (SSSR count). The minimum absolute atomic E-state index is 0. The van der Waals surface area contributed by atoms with Gasteiger partial charge in [-0.25, -0.2) is 0 Å². The van der Waals surface area contributed by atoms with Crippen LogP contribution in [0.3, 0.4) is 0 Å². The lowest BCUT2D eigenvalue weighted by molar-refractivity contribution is 0.182. The minimum atomic E-state index is 0. The first-order chi connectivity index (χ1) is 10.2. The zero-order chi connectivity index (χ0) is 15.1. The summed E-state index contributed by atoms with van der Waals surface area (Å²) in [5.41, 5.74) is 0. The molecule has 2 fully saturated rings. The van der Waals surface area contributed by atoms with Crippen molar-refractivity contribution in [3.63, 3.8) is 0 Å². The fourth-order valence-corrected chi connectivity index (χ4v) is 3.55. The number of halogens is 1. The zero-order valence-corrected chi connectivity index (χ0v) is 17.0. The molecule has 2 saturated heterocycles. The van der Waals surface area contributed by atoms with Crippen LogP contribution in [0.4, 0.5) is 0 Å². The van der Waals surface area contributed by atoms with E-state index in [1.165, 1.54) is 51.7 Å². The highest BCUT2D eigenvalue weighted by Crippen LogP contribution is 2.16. The minimum Gasteiger partial charge on any atom is -0.356 e. The molecule has 0 spiro atoms. The van der Waals surface area contributed by atoms with E-state index in [1.807, 2.05) is 7.05 Å². The topological polar surface area (TPSA) is 30.9 Å². The largest absolute Gasteiger partial charge is 0.356 e. The molecule has 0 aromatic heterocycles. The van der Waals surface area contributed by atoms with Gasteiger partial charge in [0.05, 0.1) is 0 Å². The molecule has 22 heavy (non-hydrogen) atoms. The van der Waals surface area contributed by atoms with Crippen LogP contribution in [0.1, 0.15) is 46.0 Å². The van der Waals surface area contributed by atoms with Gasteiger partial charge < -0.3 is 15.1 Å². The Kier molecular flexibility index (Phi) is 9.71. The lowest BCUT2D eigenvalue weighted by Gasteiger charge is -2.33. The van der Waals surface area contributed by atoms with Crippen LogP contribution in [0.25, 0.3) is 0 Å². The summed E-state index contributed by atoms with van der Waals surface area (Å²) in [5.74, 6) is 2.86. The number of likely N-dealkylation sites (tertiary alicyclic amines) is 2. The predicted molar refractivity (Wildman–Crippen MR) is 106 cm³/mol. The molecule has 0 amide bonds. The number of aliphatic imine (C=N–C) groups is 1. The number of piperidine rings is 2. The van der Waals surface area contributed by atoms with Gasteiger partial charge >= 0.3 is 0 Å². The normalized spacial score (nSPS) is 25.0. The van der Waals surface area contributed by atoms with Crippen molar-refractivity contribution in [1.82, 2.24) is 15.1 Å². The lowest BCUT2D eigenvalue weighted by atomic mass is 9.99. The molecular formula is C17H35IN4. The molecule has 5 heteroatoms. The van der Waals surface area contributed by atoms with Gasteiger partial charge in [-0.15, -0.1) is 24.0 Å². The second-order valence-electron chi connectivity index (χ2n) is 7.05. The van der Waals surface area contributed by atoms with Crippen LogP contribution in [0, 0.1) is 11.8 Å². The molecule has 130 valence electrons. The Bertz CT molecular complexity index is 327. The van der Waals surface area contributed by atoms with Crippen LogP contribution in [0.5, 0.6) is 0 Å². The summed E-state index contributed by atoms with van der Waals surface area (Å²) in [5, 5.41) is 3.55. The quantitative estimate of drug-likeness (QED) is 0.327. The molecule has 0 radical (unpaired) electrons. The SMILES string of the molecule is CN=C(NCCCN1CCCC(C)C1)N1CCC(C)CC1.I. The van der Waals surface area contributed by atoms with Gasteiger partial charge in [-0.2, -0.15) is 0 Å². The number of hydrogen-bond donors (Lipinski definition) is 1. The maximum absolute atomic E-state index is 4.45. The molecule has 4 nitrogen and oxygen atoms in total. The maximum Gasteiger partial charge on any atom is 0.193 e. The highest BCUT2D eigenvalue weighted by molar-refractivity contribution is 14.0. The highest BCUT2D eigenvalue weighted by atomic mass is 127. The van der Waals surface area contributed by atoms with E-state index < -0.39 is 0 Å². The standard InChI is InChI=1S/C17H34N4.HI/c1-15-7-12-21(13-8-15)17(18-3)19-9-5-11-20-10-4-6-16(2)14-20;/h15-16H,4-14H2,1-3H3,(H,18,19);1H. The average molecular weight is 422 g/mol. The van der Waals surface area contributed by atoms with E-state index in [0.717, 1.165) is 37.4 Å². The molecule has 0 aliphatic carbocycles. The third-order valence-electron chi connectivity index (χ3n) is 4.97. The Labute approximate surface area is 154 Å². The van der Waals surface area contributed by atoms with Crippen LogP contribution in [-0.2, 0) is 0 Å². The summed E-state index contributed by atoms with van der Waals surface area (Å²) in [6.45, 7) is 11.9. The average Bonchev–Trinajstić information content (AvgIpc) is 2.49. The summed E-state index contributed by atoms with van der Waals surface area (Å²) >= 11 is 0. The van der Waals surface area contributed by atoms with Gasteiger partial charge in [-0.3, -0.25) is 4.99 Å². The van der Waals surface area contributed by atoms with Crippen molar-refractivity contribution >= 4 is 29.9 Å². The Hall–Kier alpha value is -0.0400. The Balaban J connectivity index is 0.00000242. The molecule has 2 aliphatic heterocycles. The zero-order valence-electron chi connectivity index (χ0n) is 14.7.